The predicted molar refractivity (Wildman–Crippen MR) is 51.4 cm³/mol. The number of aryl methyl sites for hydroxylation is 1. The van der Waals surface area contributed by atoms with Crippen LogP contribution in [0.5, 0.6) is 0 Å². The fraction of sp³-hybridized carbons (Fsp3) is 0.125. The lowest BCUT2D eigenvalue weighted by atomic mass is 10.2. The Kier molecular flexibility index (Phi) is 1.66. The highest BCUT2D eigenvalue weighted by atomic mass is 32.2. The van der Waals surface area contributed by atoms with Crippen molar-refractivity contribution in [3.8, 4) is 0 Å². The summed E-state index contributed by atoms with van der Waals surface area (Å²) in [6.07, 6.45) is 0. The van der Waals surface area contributed by atoms with E-state index in [9.17, 15) is 4.79 Å². The topological polar surface area (TPSA) is 37.3 Å². The van der Waals surface area contributed by atoms with E-state index >= 15 is 0 Å². The van der Waals surface area contributed by atoms with Gasteiger partial charge in [-0.3, -0.25) is 0 Å². The number of aromatic carboxylic acids is 1. The number of thiophene rings is 2. The number of fused-ring (bicyclic) bond motifs is 1. The monoisotopic (exact) mass is 198 g/mol. The zero-order chi connectivity index (χ0) is 8.72. The van der Waals surface area contributed by atoms with E-state index < -0.39 is 5.97 Å². The summed E-state index contributed by atoms with van der Waals surface area (Å²) in [5, 5.41) is 13.4. The van der Waals surface area contributed by atoms with E-state index in [1.807, 2.05) is 12.3 Å². The summed E-state index contributed by atoms with van der Waals surface area (Å²) in [5.74, 6) is -0.831. The molecule has 0 amide bonds. The molecule has 1 N–H and O–H groups in total. The van der Waals surface area contributed by atoms with Gasteiger partial charge in [-0.1, -0.05) is 0 Å². The zero-order valence-electron chi connectivity index (χ0n) is 6.33. The molecule has 2 heterocycles. The molecule has 0 spiro atoms. The van der Waals surface area contributed by atoms with E-state index in [1.165, 1.54) is 11.3 Å². The Morgan fingerprint density at radius 3 is 2.75 bits per heavy atom. The third-order valence-corrected chi connectivity index (χ3v) is 3.96. The van der Waals surface area contributed by atoms with Crippen molar-refractivity contribution in [2.24, 2.45) is 0 Å². The Hall–Kier alpha value is -0.870. The van der Waals surface area contributed by atoms with Gasteiger partial charge in [0.1, 0.15) is 0 Å². The van der Waals surface area contributed by atoms with Crippen molar-refractivity contribution in [3.63, 3.8) is 0 Å². The van der Waals surface area contributed by atoms with Gasteiger partial charge >= 0.3 is 5.97 Å². The summed E-state index contributed by atoms with van der Waals surface area (Å²) >= 11 is 3.11. The van der Waals surface area contributed by atoms with Crippen LogP contribution in [0.4, 0.5) is 0 Å². The Labute approximate surface area is 77.1 Å². The fourth-order valence-electron chi connectivity index (χ4n) is 1.16. The molecule has 0 fully saturated rings. The van der Waals surface area contributed by atoms with Gasteiger partial charge in [0, 0.05) is 10.8 Å². The molecule has 0 aliphatic rings. The molecule has 2 aromatic rings. The van der Waals surface area contributed by atoms with Gasteiger partial charge in [-0.25, -0.2) is 4.79 Å². The van der Waals surface area contributed by atoms with Crippen LogP contribution in [0.1, 0.15) is 15.9 Å². The SMILES string of the molecule is Cc1csc2scc(C(=O)O)c12. The molecule has 2 nitrogen and oxygen atoms in total. The van der Waals surface area contributed by atoms with Crippen molar-refractivity contribution in [2.45, 2.75) is 6.92 Å². The second-order valence-electron chi connectivity index (χ2n) is 2.54. The van der Waals surface area contributed by atoms with Gasteiger partial charge in [-0.15, -0.1) is 22.7 Å². The smallest absolute Gasteiger partial charge is 0.337 e. The Morgan fingerprint density at radius 2 is 2.08 bits per heavy atom. The van der Waals surface area contributed by atoms with Crippen LogP contribution in [0.3, 0.4) is 0 Å². The average molecular weight is 198 g/mol. The molecule has 0 aliphatic heterocycles. The van der Waals surface area contributed by atoms with Gasteiger partial charge in [0.2, 0.25) is 0 Å². The molecule has 12 heavy (non-hydrogen) atoms. The third-order valence-electron chi connectivity index (χ3n) is 1.72. The first-order valence-electron chi connectivity index (χ1n) is 3.38. The second kappa shape index (κ2) is 2.57. The molecular weight excluding hydrogens is 192 g/mol. The van der Waals surface area contributed by atoms with Crippen molar-refractivity contribution in [1.29, 1.82) is 0 Å². The van der Waals surface area contributed by atoms with Crippen molar-refractivity contribution >= 4 is 38.0 Å². The van der Waals surface area contributed by atoms with Crippen molar-refractivity contribution < 1.29 is 9.90 Å². The average Bonchev–Trinajstić information content (AvgIpc) is 2.53. The molecule has 0 radical (unpaired) electrons. The summed E-state index contributed by atoms with van der Waals surface area (Å²) in [6, 6.07) is 0. The molecule has 0 saturated carbocycles. The van der Waals surface area contributed by atoms with E-state index in [0.717, 1.165) is 15.0 Å². The van der Waals surface area contributed by atoms with Gasteiger partial charge in [0.25, 0.3) is 0 Å². The lowest BCUT2D eigenvalue weighted by Crippen LogP contribution is -1.93. The maximum Gasteiger partial charge on any atom is 0.337 e. The number of carboxylic acids is 1. The van der Waals surface area contributed by atoms with Crippen molar-refractivity contribution in [1.82, 2.24) is 0 Å². The van der Waals surface area contributed by atoms with Gasteiger partial charge in [-0.05, 0) is 17.9 Å². The maximum absolute atomic E-state index is 10.7. The van der Waals surface area contributed by atoms with E-state index in [1.54, 1.807) is 16.7 Å². The van der Waals surface area contributed by atoms with E-state index in [0.29, 0.717) is 5.56 Å². The summed E-state index contributed by atoms with van der Waals surface area (Å²) in [6.45, 7) is 1.94. The largest absolute Gasteiger partial charge is 0.478 e. The number of rotatable bonds is 1. The molecule has 62 valence electrons. The highest BCUT2D eigenvalue weighted by molar-refractivity contribution is 7.37. The molecule has 0 bridgehead atoms. The molecule has 0 aliphatic carbocycles. The van der Waals surface area contributed by atoms with Crippen LogP contribution in [0, 0.1) is 6.92 Å². The summed E-state index contributed by atoms with van der Waals surface area (Å²) < 4.78 is 1.10. The highest BCUT2D eigenvalue weighted by Gasteiger charge is 2.13. The standard InChI is InChI=1S/C8H6O2S2/c1-4-2-11-8-6(4)5(3-12-8)7(9)10/h2-3H,1H3,(H,9,10). The van der Waals surface area contributed by atoms with Crippen molar-refractivity contribution in [3.05, 3.63) is 21.9 Å². The molecule has 0 saturated heterocycles. The molecule has 0 aromatic carbocycles. The molecule has 0 unspecified atom stereocenters. The molecule has 2 rings (SSSR count). The third kappa shape index (κ3) is 0.956. The summed E-state index contributed by atoms with van der Waals surface area (Å²) in [5.41, 5.74) is 1.50. The summed E-state index contributed by atoms with van der Waals surface area (Å²) in [7, 11) is 0. The van der Waals surface area contributed by atoms with Crippen LogP contribution in [0.15, 0.2) is 10.8 Å². The van der Waals surface area contributed by atoms with Crippen LogP contribution in [-0.2, 0) is 0 Å². The van der Waals surface area contributed by atoms with E-state index in [4.69, 9.17) is 5.11 Å². The lowest BCUT2D eigenvalue weighted by Gasteiger charge is -1.88. The normalized spacial score (nSPS) is 10.8. The lowest BCUT2D eigenvalue weighted by molar-refractivity contribution is 0.0699. The first kappa shape index (κ1) is 7.76. The number of hydrogen-bond acceptors (Lipinski definition) is 3. The van der Waals surface area contributed by atoms with Gasteiger partial charge in [0.15, 0.2) is 0 Å². The maximum atomic E-state index is 10.7. The fourth-order valence-corrected chi connectivity index (χ4v) is 3.29. The summed E-state index contributed by atoms with van der Waals surface area (Å²) in [4.78, 5) is 10.7. The first-order chi connectivity index (χ1) is 5.70. The predicted octanol–water partition coefficient (Wildman–Crippen LogP) is 2.97. The van der Waals surface area contributed by atoms with Crippen LogP contribution >= 0.6 is 22.7 Å². The molecule has 0 atom stereocenters. The highest BCUT2D eigenvalue weighted by Crippen LogP contribution is 2.33. The van der Waals surface area contributed by atoms with Crippen LogP contribution < -0.4 is 0 Å². The Balaban J connectivity index is 2.83. The molecule has 4 heteroatoms. The van der Waals surface area contributed by atoms with Gasteiger partial charge in [0.05, 0.1) is 9.58 Å². The van der Waals surface area contributed by atoms with Gasteiger partial charge < -0.3 is 5.11 Å². The minimum absolute atomic E-state index is 0.439. The van der Waals surface area contributed by atoms with Gasteiger partial charge in [-0.2, -0.15) is 0 Å². The molecular formula is C8H6O2S2. The Morgan fingerprint density at radius 1 is 1.42 bits per heavy atom. The van der Waals surface area contributed by atoms with Crippen molar-refractivity contribution in [2.75, 3.05) is 0 Å². The second-order valence-corrected chi connectivity index (χ2v) is 4.55. The zero-order valence-corrected chi connectivity index (χ0v) is 7.96. The first-order valence-corrected chi connectivity index (χ1v) is 5.14. The quantitative estimate of drug-likeness (QED) is 0.764. The number of hydrogen-bond donors (Lipinski definition) is 1. The Bertz CT molecular complexity index is 439. The minimum Gasteiger partial charge on any atom is -0.478 e. The number of carboxylic acid groups (broad SMARTS) is 1. The van der Waals surface area contributed by atoms with E-state index in [2.05, 4.69) is 0 Å². The van der Waals surface area contributed by atoms with Crippen LogP contribution in [-0.4, -0.2) is 11.1 Å². The minimum atomic E-state index is -0.831. The molecule has 2 aromatic heterocycles. The van der Waals surface area contributed by atoms with E-state index in [-0.39, 0.29) is 0 Å². The van der Waals surface area contributed by atoms with Crippen LogP contribution in [0.2, 0.25) is 0 Å². The number of carbonyl (C=O) groups is 1. The van der Waals surface area contributed by atoms with Crippen LogP contribution in [0.25, 0.3) is 9.40 Å².